The van der Waals surface area contributed by atoms with E-state index in [4.69, 9.17) is 18.8 Å². The van der Waals surface area contributed by atoms with Gasteiger partial charge in [-0.2, -0.15) is 0 Å². The molecule has 4 aromatic heterocycles. The topological polar surface area (TPSA) is 107 Å². The molecule has 1 aliphatic rings. The molecule has 230 valence electrons. The minimum absolute atomic E-state index is 0.297. The fraction of sp³-hybridized carbons (Fsp3) is 0.467. The molecule has 43 heavy (non-hydrogen) atoms. The van der Waals surface area contributed by atoms with Crippen molar-refractivity contribution in [2.24, 2.45) is 0 Å². The van der Waals surface area contributed by atoms with Gasteiger partial charge in [0.25, 0.3) is 0 Å². The number of ether oxygens (including phenoxy) is 2. The summed E-state index contributed by atoms with van der Waals surface area (Å²) in [4.78, 5) is 32.3. The molecule has 5 rings (SSSR count). The SMILES string of the molecule is CC(C)(C)OC(=O)n1cc(B2OC(C)(C)C(C)(C)O2)c2cc(F)cnc21.CC(C)(C)OC(=O)n1ccc2cc(F)cnc21. The van der Waals surface area contributed by atoms with Crippen molar-refractivity contribution in [3.05, 3.63) is 54.6 Å². The van der Waals surface area contributed by atoms with Crippen molar-refractivity contribution >= 4 is 46.8 Å². The quantitative estimate of drug-likeness (QED) is 0.238. The highest BCUT2D eigenvalue weighted by Crippen LogP contribution is 2.37. The Morgan fingerprint density at radius 3 is 1.84 bits per heavy atom. The Balaban J connectivity index is 0.000000215. The first-order valence-corrected chi connectivity index (χ1v) is 13.8. The number of aromatic nitrogens is 4. The van der Waals surface area contributed by atoms with Crippen LogP contribution in [-0.4, -0.2) is 60.8 Å². The van der Waals surface area contributed by atoms with Crippen molar-refractivity contribution < 1.29 is 37.2 Å². The van der Waals surface area contributed by atoms with Gasteiger partial charge in [-0.1, -0.05) is 0 Å². The number of rotatable bonds is 1. The molecule has 1 fully saturated rings. The zero-order valence-corrected chi connectivity index (χ0v) is 26.1. The molecule has 0 aliphatic carbocycles. The fourth-order valence-electron chi connectivity index (χ4n) is 4.17. The van der Waals surface area contributed by atoms with Crippen LogP contribution >= 0.6 is 0 Å². The van der Waals surface area contributed by atoms with Gasteiger partial charge < -0.3 is 18.8 Å². The molecule has 0 N–H and O–H groups in total. The summed E-state index contributed by atoms with van der Waals surface area (Å²) >= 11 is 0. The maximum absolute atomic E-state index is 13.8. The van der Waals surface area contributed by atoms with Crippen LogP contribution in [0.5, 0.6) is 0 Å². The summed E-state index contributed by atoms with van der Waals surface area (Å²) in [6, 6.07) is 4.27. The molecule has 0 bridgehead atoms. The van der Waals surface area contributed by atoms with Gasteiger partial charge in [0.1, 0.15) is 34.1 Å². The lowest BCUT2D eigenvalue weighted by molar-refractivity contribution is 0.00578. The molecule has 0 aromatic carbocycles. The number of fused-ring (bicyclic) bond motifs is 2. The van der Waals surface area contributed by atoms with Gasteiger partial charge >= 0.3 is 19.3 Å². The van der Waals surface area contributed by atoms with Crippen LogP contribution in [-0.2, 0) is 18.8 Å². The van der Waals surface area contributed by atoms with E-state index in [0.29, 0.717) is 27.5 Å². The van der Waals surface area contributed by atoms with Crippen LogP contribution in [0.15, 0.2) is 43.0 Å². The molecule has 1 aliphatic heterocycles. The van der Waals surface area contributed by atoms with Gasteiger partial charge in [0.2, 0.25) is 0 Å². The van der Waals surface area contributed by atoms with Crippen LogP contribution in [0.25, 0.3) is 22.1 Å². The average molecular weight is 598 g/mol. The van der Waals surface area contributed by atoms with Gasteiger partial charge in [0, 0.05) is 28.6 Å². The molecule has 0 spiro atoms. The predicted molar refractivity (Wildman–Crippen MR) is 158 cm³/mol. The van der Waals surface area contributed by atoms with E-state index in [1.54, 1.807) is 53.8 Å². The van der Waals surface area contributed by atoms with Gasteiger partial charge in [-0.05, 0) is 87.4 Å². The van der Waals surface area contributed by atoms with Crippen molar-refractivity contribution in [1.29, 1.82) is 0 Å². The smallest absolute Gasteiger partial charge is 0.443 e. The van der Waals surface area contributed by atoms with E-state index in [9.17, 15) is 18.4 Å². The van der Waals surface area contributed by atoms with Crippen molar-refractivity contribution in [2.75, 3.05) is 0 Å². The molecule has 0 unspecified atom stereocenters. The minimum Gasteiger partial charge on any atom is -0.443 e. The summed E-state index contributed by atoms with van der Waals surface area (Å²) in [7, 11) is -0.741. The Bertz CT molecular complexity index is 1670. The molecule has 0 saturated carbocycles. The summed E-state index contributed by atoms with van der Waals surface area (Å²) in [6.07, 6.45) is 4.09. The maximum Gasteiger partial charge on any atom is 0.497 e. The Labute approximate surface area is 249 Å². The molecule has 0 atom stereocenters. The Morgan fingerprint density at radius 1 is 0.814 bits per heavy atom. The summed E-state index contributed by atoms with van der Waals surface area (Å²) < 4.78 is 52.0. The number of carbonyl (C=O) groups excluding carboxylic acids is 2. The fourth-order valence-corrected chi connectivity index (χ4v) is 4.17. The second-order valence-electron chi connectivity index (χ2n) is 13.3. The van der Waals surface area contributed by atoms with Crippen LogP contribution in [0.3, 0.4) is 0 Å². The number of halogens is 2. The van der Waals surface area contributed by atoms with Crippen LogP contribution in [0.4, 0.5) is 18.4 Å². The molecule has 10 nitrogen and oxygen atoms in total. The summed E-state index contributed by atoms with van der Waals surface area (Å²) in [5.41, 5.74) is -1.13. The maximum atomic E-state index is 13.8. The van der Waals surface area contributed by atoms with E-state index in [2.05, 4.69) is 9.97 Å². The Kier molecular flexibility index (Phi) is 8.22. The van der Waals surface area contributed by atoms with Crippen LogP contribution in [0.2, 0.25) is 0 Å². The van der Waals surface area contributed by atoms with E-state index in [0.717, 1.165) is 12.4 Å². The van der Waals surface area contributed by atoms with E-state index in [1.807, 2.05) is 27.7 Å². The van der Waals surface area contributed by atoms with E-state index >= 15 is 0 Å². The zero-order valence-electron chi connectivity index (χ0n) is 26.1. The van der Waals surface area contributed by atoms with Crippen molar-refractivity contribution in [3.8, 4) is 0 Å². The summed E-state index contributed by atoms with van der Waals surface area (Å²) in [6.45, 7) is 18.4. The van der Waals surface area contributed by atoms with E-state index in [-0.39, 0.29) is 0 Å². The molecule has 0 amide bonds. The number of nitrogens with zero attached hydrogens (tertiary/aromatic N) is 4. The molecule has 13 heteroatoms. The molecule has 1 saturated heterocycles. The second kappa shape index (κ2) is 11.0. The van der Waals surface area contributed by atoms with Gasteiger partial charge in [0.05, 0.1) is 23.6 Å². The van der Waals surface area contributed by atoms with Crippen LogP contribution in [0, 0.1) is 11.6 Å². The molecule has 5 heterocycles. The van der Waals surface area contributed by atoms with Gasteiger partial charge in [-0.15, -0.1) is 0 Å². The Morgan fingerprint density at radius 2 is 1.30 bits per heavy atom. The lowest BCUT2D eigenvalue weighted by atomic mass is 9.79. The standard InChI is InChI=1S/C18H24BFN2O4.C12H13FN2O2/c1-16(2,3)24-15(23)22-10-13(12-8-11(20)9-21-14(12)22)19-25-17(4,5)18(6,7)26-19;1-12(2,3)17-11(16)15-5-4-8-6-9(13)7-14-10(8)15/h8-10H,1-7H3;4-7H,1-3H3. The third kappa shape index (κ3) is 7.05. The van der Waals surface area contributed by atoms with Crippen LogP contribution in [0.1, 0.15) is 69.2 Å². The second-order valence-corrected chi connectivity index (χ2v) is 13.3. The third-order valence-corrected chi connectivity index (χ3v) is 6.82. The first-order chi connectivity index (χ1) is 19.7. The van der Waals surface area contributed by atoms with Crippen molar-refractivity contribution in [2.45, 2.75) is 91.6 Å². The number of hydrogen-bond donors (Lipinski definition) is 0. The lowest BCUT2D eigenvalue weighted by Gasteiger charge is -2.32. The normalized spacial score (nSPS) is 16.2. The highest BCUT2D eigenvalue weighted by molar-refractivity contribution is 6.65. The van der Waals surface area contributed by atoms with Crippen molar-refractivity contribution in [1.82, 2.24) is 19.1 Å². The lowest BCUT2D eigenvalue weighted by Crippen LogP contribution is -2.41. The molecular formula is C30H37BF2N4O6. The van der Waals surface area contributed by atoms with Gasteiger partial charge in [0.15, 0.2) is 0 Å². The first-order valence-electron chi connectivity index (χ1n) is 13.8. The van der Waals surface area contributed by atoms with E-state index < -0.39 is 53.3 Å². The number of pyridine rings is 2. The summed E-state index contributed by atoms with van der Waals surface area (Å²) in [5, 5.41) is 1.02. The van der Waals surface area contributed by atoms with Crippen molar-refractivity contribution in [3.63, 3.8) is 0 Å². The molecular weight excluding hydrogens is 561 g/mol. The van der Waals surface area contributed by atoms with E-state index in [1.165, 1.54) is 27.5 Å². The van der Waals surface area contributed by atoms with Gasteiger partial charge in [-0.3, -0.25) is 0 Å². The predicted octanol–water partition coefficient (Wildman–Crippen LogP) is 6.22. The zero-order chi connectivity index (χ0) is 32.1. The molecule has 0 radical (unpaired) electrons. The first kappa shape index (κ1) is 32.1. The Hall–Kier alpha value is -3.84. The monoisotopic (exact) mass is 598 g/mol. The molecule has 4 aromatic rings. The highest BCUT2D eigenvalue weighted by Gasteiger charge is 2.52. The van der Waals surface area contributed by atoms with Crippen LogP contribution < -0.4 is 5.46 Å². The highest BCUT2D eigenvalue weighted by atomic mass is 19.1. The minimum atomic E-state index is -0.741. The average Bonchev–Trinajstić information content (AvgIpc) is 3.48. The largest absolute Gasteiger partial charge is 0.497 e. The third-order valence-electron chi connectivity index (χ3n) is 6.82. The number of carbonyl (C=O) groups is 2. The van der Waals surface area contributed by atoms with Gasteiger partial charge in [-0.25, -0.2) is 37.5 Å². The number of hydrogen-bond acceptors (Lipinski definition) is 8. The summed E-state index contributed by atoms with van der Waals surface area (Å²) in [5.74, 6) is -0.934.